The predicted molar refractivity (Wildman–Crippen MR) is 105 cm³/mol. The second-order valence-corrected chi connectivity index (χ2v) is 8.10. The van der Waals surface area contributed by atoms with Gasteiger partial charge in [0.05, 0.1) is 7.11 Å². The molecule has 2 heterocycles. The van der Waals surface area contributed by atoms with Crippen molar-refractivity contribution in [2.24, 2.45) is 0 Å². The molecule has 2 atom stereocenters. The quantitative estimate of drug-likeness (QED) is 0.864. The van der Waals surface area contributed by atoms with E-state index in [0.29, 0.717) is 18.7 Å². The fourth-order valence-electron chi connectivity index (χ4n) is 3.89. The number of hydrogen-bond acceptors (Lipinski definition) is 4. The number of carbonyl (C=O) groups is 2. The summed E-state index contributed by atoms with van der Waals surface area (Å²) >= 11 is 1.71. The van der Waals surface area contributed by atoms with Crippen LogP contribution in [0.1, 0.15) is 24.0 Å². The molecular formula is C21H22N2O3S. The van der Waals surface area contributed by atoms with Gasteiger partial charge in [0.2, 0.25) is 11.8 Å². The molecule has 2 aliphatic rings. The number of nitrogens with zero attached hydrogens (tertiary/aromatic N) is 1. The standard InChI is InChI=1S/C21H22N2O3S/c1-26-17-9-7-15(8-10-17)13-22-20(25)18-14-27-21(12-11-19(24)23(18)21)16-5-3-2-4-6-16/h2-10,18H,11-14H2,1H3,(H,22,25)/t18-,21+/m0/s1. The minimum absolute atomic E-state index is 0.0634. The Balaban J connectivity index is 1.49. The van der Waals surface area contributed by atoms with Crippen molar-refractivity contribution in [3.05, 3.63) is 65.7 Å². The molecule has 6 heteroatoms. The minimum Gasteiger partial charge on any atom is -0.497 e. The summed E-state index contributed by atoms with van der Waals surface area (Å²) in [6, 6.07) is 17.2. The molecule has 2 saturated heterocycles. The molecule has 0 bridgehead atoms. The van der Waals surface area contributed by atoms with E-state index in [1.807, 2.05) is 47.4 Å². The summed E-state index contributed by atoms with van der Waals surface area (Å²) in [5.41, 5.74) is 2.10. The number of carbonyl (C=O) groups excluding carboxylic acids is 2. The third-order valence-electron chi connectivity index (χ3n) is 5.28. The van der Waals surface area contributed by atoms with Gasteiger partial charge in [-0.05, 0) is 29.7 Å². The van der Waals surface area contributed by atoms with E-state index >= 15 is 0 Å². The molecule has 0 unspecified atom stereocenters. The third kappa shape index (κ3) is 3.18. The lowest BCUT2D eigenvalue weighted by molar-refractivity contribution is -0.138. The second kappa shape index (κ2) is 7.27. The van der Waals surface area contributed by atoms with Crippen LogP contribution in [-0.2, 0) is 21.0 Å². The SMILES string of the molecule is COc1ccc(CNC(=O)[C@@H]2CS[C@@]3(c4ccccc4)CCC(=O)N23)cc1. The highest BCUT2D eigenvalue weighted by atomic mass is 32.2. The Morgan fingerprint density at radius 2 is 1.96 bits per heavy atom. The van der Waals surface area contributed by atoms with Gasteiger partial charge in [-0.1, -0.05) is 42.5 Å². The zero-order chi connectivity index (χ0) is 18.9. The van der Waals surface area contributed by atoms with Crippen LogP contribution in [0.4, 0.5) is 0 Å². The van der Waals surface area contributed by atoms with Crippen molar-refractivity contribution >= 4 is 23.6 Å². The molecule has 5 nitrogen and oxygen atoms in total. The van der Waals surface area contributed by atoms with Gasteiger partial charge in [0.15, 0.2) is 0 Å². The Labute approximate surface area is 163 Å². The average Bonchev–Trinajstić information content (AvgIpc) is 3.26. The maximum Gasteiger partial charge on any atom is 0.244 e. The first kappa shape index (κ1) is 17.9. The lowest BCUT2D eigenvalue weighted by Gasteiger charge is -2.34. The first-order valence-corrected chi connectivity index (χ1v) is 10.0. The van der Waals surface area contributed by atoms with Crippen LogP contribution in [0.3, 0.4) is 0 Å². The van der Waals surface area contributed by atoms with Gasteiger partial charge in [0.25, 0.3) is 0 Å². The monoisotopic (exact) mass is 382 g/mol. The molecule has 2 fully saturated rings. The van der Waals surface area contributed by atoms with E-state index in [0.717, 1.165) is 23.3 Å². The number of hydrogen-bond donors (Lipinski definition) is 1. The smallest absolute Gasteiger partial charge is 0.244 e. The molecule has 2 amide bonds. The van der Waals surface area contributed by atoms with Gasteiger partial charge in [-0.25, -0.2) is 0 Å². The second-order valence-electron chi connectivity index (χ2n) is 6.81. The molecule has 0 saturated carbocycles. The normalized spacial score (nSPS) is 24.0. The fourth-order valence-corrected chi connectivity index (χ4v) is 5.54. The van der Waals surface area contributed by atoms with E-state index in [9.17, 15) is 9.59 Å². The van der Waals surface area contributed by atoms with Gasteiger partial charge in [-0.3, -0.25) is 9.59 Å². The van der Waals surface area contributed by atoms with Crippen LogP contribution < -0.4 is 10.1 Å². The van der Waals surface area contributed by atoms with Crippen molar-refractivity contribution in [1.82, 2.24) is 10.2 Å². The first-order chi connectivity index (χ1) is 13.1. The molecule has 2 aromatic rings. The summed E-state index contributed by atoms with van der Waals surface area (Å²) in [5.74, 6) is 1.38. The Kier molecular flexibility index (Phi) is 4.83. The number of rotatable bonds is 5. The van der Waals surface area contributed by atoms with E-state index in [1.165, 1.54) is 0 Å². The molecule has 0 aromatic heterocycles. The van der Waals surface area contributed by atoms with Crippen molar-refractivity contribution in [3.8, 4) is 5.75 Å². The molecule has 2 aliphatic heterocycles. The topological polar surface area (TPSA) is 58.6 Å². The van der Waals surface area contributed by atoms with Crippen LogP contribution >= 0.6 is 11.8 Å². The molecule has 4 rings (SSSR count). The fraction of sp³-hybridized carbons (Fsp3) is 0.333. The molecule has 140 valence electrons. The number of nitrogens with one attached hydrogen (secondary N) is 1. The zero-order valence-electron chi connectivity index (χ0n) is 15.2. The summed E-state index contributed by atoms with van der Waals surface area (Å²) < 4.78 is 5.15. The summed E-state index contributed by atoms with van der Waals surface area (Å²) in [6.07, 6.45) is 1.24. The molecular weight excluding hydrogens is 360 g/mol. The molecule has 0 radical (unpaired) electrons. The highest BCUT2D eigenvalue weighted by Gasteiger charge is 2.56. The van der Waals surface area contributed by atoms with Crippen molar-refractivity contribution in [2.75, 3.05) is 12.9 Å². The largest absolute Gasteiger partial charge is 0.497 e. The minimum atomic E-state index is -0.427. The number of benzene rings is 2. The van der Waals surface area contributed by atoms with Gasteiger partial charge in [0.1, 0.15) is 16.7 Å². The van der Waals surface area contributed by atoms with Crippen molar-refractivity contribution in [1.29, 1.82) is 0 Å². The molecule has 27 heavy (non-hydrogen) atoms. The summed E-state index contributed by atoms with van der Waals surface area (Å²) in [6.45, 7) is 0.435. The maximum absolute atomic E-state index is 12.9. The average molecular weight is 382 g/mol. The van der Waals surface area contributed by atoms with Crippen molar-refractivity contribution in [2.45, 2.75) is 30.3 Å². The highest BCUT2D eigenvalue weighted by molar-refractivity contribution is 8.00. The molecule has 2 aromatic carbocycles. The Morgan fingerprint density at radius 1 is 1.22 bits per heavy atom. The van der Waals surface area contributed by atoms with Crippen LogP contribution in [0.15, 0.2) is 54.6 Å². The number of ether oxygens (including phenoxy) is 1. The van der Waals surface area contributed by atoms with Gasteiger partial charge in [-0.15, -0.1) is 11.8 Å². The highest BCUT2D eigenvalue weighted by Crippen LogP contribution is 2.54. The summed E-state index contributed by atoms with van der Waals surface area (Å²) in [5, 5.41) is 2.99. The van der Waals surface area contributed by atoms with Crippen molar-refractivity contribution < 1.29 is 14.3 Å². The van der Waals surface area contributed by atoms with E-state index in [4.69, 9.17) is 4.74 Å². The van der Waals surface area contributed by atoms with Crippen molar-refractivity contribution in [3.63, 3.8) is 0 Å². The number of methoxy groups -OCH3 is 1. The van der Waals surface area contributed by atoms with Gasteiger partial charge < -0.3 is 15.0 Å². The van der Waals surface area contributed by atoms with Crippen LogP contribution in [0.5, 0.6) is 5.75 Å². The summed E-state index contributed by atoms with van der Waals surface area (Å²) in [4.78, 5) is 26.9. The van der Waals surface area contributed by atoms with Gasteiger partial charge in [0, 0.05) is 18.7 Å². The van der Waals surface area contributed by atoms with Crippen LogP contribution in [0.25, 0.3) is 0 Å². The Hall–Kier alpha value is -2.47. The number of fused-ring (bicyclic) bond motifs is 1. The van der Waals surface area contributed by atoms with Gasteiger partial charge >= 0.3 is 0 Å². The summed E-state index contributed by atoms with van der Waals surface area (Å²) in [7, 11) is 1.63. The van der Waals surface area contributed by atoms with E-state index in [2.05, 4.69) is 17.4 Å². The Morgan fingerprint density at radius 3 is 2.67 bits per heavy atom. The van der Waals surface area contributed by atoms with Gasteiger partial charge in [-0.2, -0.15) is 0 Å². The van der Waals surface area contributed by atoms with Crippen LogP contribution in [0, 0.1) is 0 Å². The zero-order valence-corrected chi connectivity index (χ0v) is 16.0. The molecule has 1 N–H and O–H groups in total. The van der Waals surface area contributed by atoms with E-state index in [-0.39, 0.29) is 11.8 Å². The maximum atomic E-state index is 12.9. The lowest BCUT2D eigenvalue weighted by atomic mass is 10.0. The number of amides is 2. The van der Waals surface area contributed by atoms with E-state index in [1.54, 1.807) is 18.9 Å². The third-order valence-corrected chi connectivity index (χ3v) is 6.88. The molecule has 0 aliphatic carbocycles. The number of thioether (sulfide) groups is 1. The first-order valence-electron chi connectivity index (χ1n) is 9.06. The Bertz CT molecular complexity index is 840. The predicted octanol–water partition coefficient (Wildman–Crippen LogP) is 2.90. The lowest BCUT2D eigenvalue weighted by Crippen LogP contribution is -2.49. The van der Waals surface area contributed by atoms with Crippen LogP contribution in [-0.4, -0.2) is 35.6 Å². The van der Waals surface area contributed by atoms with E-state index < -0.39 is 10.9 Å². The van der Waals surface area contributed by atoms with Crippen LogP contribution in [0.2, 0.25) is 0 Å². The molecule has 0 spiro atoms.